The summed E-state index contributed by atoms with van der Waals surface area (Å²) in [7, 11) is 0. The summed E-state index contributed by atoms with van der Waals surface area (Å²) in [4.78, 5) is 14.7. The normalized spacial score (nSPS) is 10.9. The van der Waals surface area contributed by atoms with E-state index in [0.717, 1.165) is 21.7 Å². The molecule has 5 heteroatoms. The van der Waals surface area contributed by atoms with Gasteiger partial charge in [-0.05, 0) is 24.3 Å². The van der Waals surface area contributed by atoms with Crippen LogP contribution in [0.5, 0.6) is 0 Å². The molecule has 0 unspecified atom stereocenters. The van der Waals surface area contributed by atoms with Gasteiger partial charge in [0, 0.05) is 15.2 Å². The van der Waals surface area contributed by atoms with Gasteiger partial charge in [0.15, 0.2) is 17.1 Å². The van der Waals surface area contributed by atoms with Crippen LogP contribution in [0, 0.1) is 0 Å². The minimum absolute atomic E-state index is 0.460. The van der Waals surface area contributed by atoms with Gasteiger partial charge in [-0.2, -0.15) is 0 Å². The number of carbonyl (C=O) groups is 1. The largest absolute Gasteiger partial charge is 0.454 e. The topological polar surface area (TPSA) is 43.1 Å². The number of nitrogens with zero attached hydrogens (tertiary/aromatic N) is 1. The number of carbonyl (C=O) groups excluding carboxylic acids is 1. The van der Waals surface area contributed by atoms with Crippen LogP contribution in [0.25, 0.3) is 22.4 Å². The van der Waals surface area contributed by atoms with Crippen molar-refractivity contribution in [1.29, 1.82) is 0 Å². The molecule has 84 valence electrons. The number of aldehydes is 1. The molecule has 0 saturated heterocycles. The molecule has 0 radical (unpaired) electrons. The zero-order valence-corrected chi connectivity index (χ0v) is 10.9. The van der Waals surface area contributed by atoms with Gasteiger partial charge in [-0.3, -0.25) is 4.79 Å². The number of halogens is 1. The summed E-state index contributed by atoms with van der Waals surface area (Å²) in [6, 6.07) is 7.72. The Morgan fingerprint density at radius 1 is 1.35 bits per heavy atom. The molecule has 3 rings (SSSR count). The quantitative estimate of drug-likeness (QED) is 0.669. The standard InChI is InChI=1S/C12H6BrNO2S/c13-8-1-2-10-7(3-8)4-11(16-10)9-6-17-12(5-15)14-9/h1-6H. The lowest BCUT2D eigenvalue weighted by Crippen LogP contribution is -1.76. The molecule has 3 nitrogen and oxygen atoms in total. The monoisotopic (exact) mass is 307 g/mol. The average Bonchev–Trinajstić information content (AvgIpc) is 2.93. The third-order valence-corrected chi connectivity index (χ3v) is 3.62. The van der Waals surface area contributed by atoms with E-state index in [0.29, 0.717) is 16.5 Å². The number of fused-ring (bicyclic) bond motifs is 1. The fourth-order valence-electron chi connectivity index (χ4n) is 1.60. The summed E-state index contributed by atoms with van der Waals surface area (Å²) < 4.78 is 6.68. The van der Waals surface area contributed by atoms with E-state index < -0.39 is 0 Å². The van der Waals surface area contributed by atoms with E-state index in [1.807, 2.05) is 29.6 Å². The molecule has 0 amide bonds. The van der Waals surface area contributed by atoms with Gasteiger partial charge in [-0.15, -0.1) is 11.3 Å². The Hall–Kier alpha value is -1.46. The van der Waals surface area contributed by atoms with Crippen LogP contribution in [0.3, 0.4) is 0 Å². The maximum atomic E-state index is 10.6. The maximum absolute atomic E-state index is 10.6. The van der Waals surface area contributed by atoms with E-state index in [1.165, 1.54) is 11.3 Å². The molecular formula is C12H6BrNO2S. The second-order valence-corrected chi connectivity index (χ2v) is 5.29. The molecule has 0 fully saturated rings. The lowest BCUT2D eigenvalue weighted by molar-refractivity contribution is 0.112. The van der Waals surface area contributed by atoms with Crippen molar-refractivity contribution in [2.75, 3.05) is 0 Å². The Balaban J connectivity index is 2.14. The van der Waals surface area contributed by atoms with Gasteiger partial charge >= 0.3 is 0 Å². The van der Waals surface area contributed by atoms with Crippen LogP contribution in [0.1, 0.15) is 9.80 Å². The Bertz CT molecular complexity index is 701. The van der Waals surface area contributed by atoms with Crippen LogP contribution in [-0.2, 0) is 0 Å². The number of aromatic nitrogens is 1. The van der Waals surface area contributed by atoms with Crippen molar-refractivity contribution in [3.05, 3.63) is 39.1 Å². The van der Waals surface area contributed by atoms with Gasteiger partial charge in [-0.25, -0.2) is 4.98 Å². The summed E-state index contributed by atoms with van der Waals surface area (Å²) in [5.41, 5.74) is 1.51. The summed E-state index contributed by atoms with van der Waals surface area (Å²) in [5, 5.41) is 3.29. The summed E-state index contributed by atoms with van der Waals surface area (Å²) in [6.07, 6.45) is 0.743. The number of furan rings is 1. The molecule has 0 saturated carbocycles. The molecule has 17 heavy (non-hydrogen) atoms. The first kappa shape index (κ1) is 10.7. The van der Waals surface area contributed by atoms with Crippen LogP contribution in [0.15, 0.2) is 38.5 Å². The number of rotatable bonds is 2. The van der Waals surface area contributed by atoms with Gasteiger partial charge in [0.1, 0.15) is 11.3 Å². The van der Waals surface area contributed by atoms with Crippen LogP contribution in [0.4, 0.5) is 0 Å². The Labute approximate surface area is 109 Å². The fourth-order valence-corrected chi connectivity index (χ4v) is 2.58. The SMILES string of the molecule is O=Cc1nc(-c2cc3cc(Br)ccc3o2)cs1. The lowest BCUT2D eigenvalue weighted by atomic mass is 10.2. The highest BCUT2D eigenvalue weighted by Crippen LogP contribution is 2.29. The molecule has 0 bridgehead atoms. The highest BCUT2D eigenvalue weighted by Gasteiger charge is 2.09. The first-order chi connectivity index (χ1) is 8.26. The van der Waals surface area contributed by atoms with Crippen molar-refractivity contribution >= 4 is 44.5 Å². The zero-order valence-electron chi connectivity index (χ0n) is 8.51. The predicted molar refractivity (Wildman–Crippen MR) is 70.4 cm³/mol. The third-order valence-electron chi connectivity index (χ3n) is 2.35. The molecule has 0 N–H and O–H groups in total. The van der Waals surface area contributed by atoms with E-state index >= 15 is 0 Å². The number of hydrogen-bond acceptors (Lipinski definition) is 4. The van der Waals surface area contributed by atoms with Crippen LogP contribution in [-0.4, -0.2) is 11.3 Å². The molecule has 1 aromatic carbocycles. The third kappa shape index (κ3) is 1.92. The van der Waals surface area contributed by atoms with Crippen molar-refractivity contribution in [1.82, 2.24) is 4.98 Å². The molecule has 0 aliphatic rings. The molecule has 0 spiro atoms. The van der Waals surface area contributed by atoms with Crippen molar-refractivity contribution in [3.8, 4) is 11.5 Å². The molecule has 0 aliphatic carbocycles. The highest BCUT2D eigenvalue weighted by atomic mass is 79.9. The first-order valence-corrected chi connectivity index (χ1v) is 6.54. The van der Waals surface area contributed by atoms with E-state index in [-0.39, 0.29) is 0 Å². The number of thiazole rings is 1. The second-order valence-electron chi connectivity index (χ2n) is 3.48. The fraction of sp³-hybridized carbons (Fsp3) is 0. The molecule has 2 aromatic heterocycles. The summed E-state index contributed by atoms with van der Waals surface area (Å²) in [6.45, 7) is 0. The Morgan fingerprint density at radius 2 is 2.24 bits per heavy atom. The number of hydrogen-bond donors (Lipinski definition) is 0. The summed E-state index contributed by atoms with van der Waals surface area (Å²) in [5.74, 6) is 0.683. The van der Waals surface area contributed by atoms with Gasteiger partial charge in [0.2, 0.25) is 0 Å². The van der Waals surface area contributed by atoms with E-state index in [1.54, 1.807) is 0 Å². The van der Waals surface area contributed by atoms with Crippen molar-refractivity contribution < 1.29 is 9.21 Å². The molecule has 2 heterocycles. The van der Waals surface area contributed by atoms with Crippen molar-refractivity contribution in [2.24, 2.45) is 0 Å². The smallest absolute Gasteiger partial charge is 0.178 e. The van der Waals surface area contributed by atoms with E-state index in [4.69, 9.17) is 4.42 Å². The van der Waals surface area contributed by atoms with E-state index in [2.05, 4.69) is 20.9 Å². The lowest BCUT2D eigenvalue weighted by Gasteiger charge is -1.88. The minimum atomic E-state index is 0.460. The second kappa shape index (κ2) is 4.09. The predicted octanol–water partition coefficient (Wildman–Crippen LogP) is 4.13. The Kier molecular flexibility index (Phi) is 2.57. The van der Waals surface area contributed by atoms with Gasteiger partial charge < -0.3 is 4.42 Å². The molecule has 0 atom stereocenters. The van der Waals surface area contributed by atoms with E-state index in [9.17, 15) is 4.79 Å². The van der Waals surface area contributed by atoms with Crippen molar-refractivity contribution in [2.45, 2.75) is 0 Å². The summed E-state index contributed by atoms with van der Waals surface area (Å²) >= 11 is 4.72. The minimum Gasteiger partial charge on any atom is -0.454 e. The van der Waals surface area contributed by atoms with Crippen molar-refractivity contribution in [3.63, 3.8) is 0 Å². The first-order valence-electron chi connectivity index (χ1n) is 4.86. The maximum Gasteiger partial charge on any atom is 0.178 e. The highest BCUT2D eigenvalue weighted by molar-refractivity contribution is 9.10. The molecular weight excluding hydrogens is 302 g/mol. The van der Waals surface area contributed by atoms with Gasteiger partial charge in [0.25, 0.3) is 0 Å². The van der Waals surface area contributed by atoms with Crippen LogP contribution < -0.4 is 0 Å². The average molecular weight is 308 g/mol. The Morgan fingerprint density at radius 3 is 3.00 bits per heavy atom. The number of benzene rings is 1. The zero-order chi connectivity index (χ0) is 11.8. The van der Waals surface area contributed by atoms with Crippen LogP contribution in [0.2, 0.25) is 0 Å². The van der Waals surface area contributed by atoms with Gasteiger partial charge in [-0.1, -0.05) is 15.9 Å². The molecule has 3 aromatic rings. The van der Waals surface area contributed by atoms with Gasteiger partial charge in [0.05, 0.1) is 0 Å². The molecule has 0 aliphatic heterocycles. The van der Waals surface area contributed by atoms with Crippen LogP contribution >= 0.6 is 27.3 Å².